The number of amides is 1. The number of rotatable bonds is 3. The van der Waals surface area contributed by atoms with Gasteiger partial charge in [-0.2, -0.15) is 0 Å². The number of nitrogens with zero attached hydrogens (tertiary/aromatic N) is 1. The fourth-order valence-corrected chi connectivity index (χ4v) is 3.26. The number of carboxylic acids is 1. The molecule has 5 nitrogen and oxygen atoms in total. The van der Waals surface area contributed by atoms with Crippen LogP contribution in [-0.2, 0) is 7.05 Å². The third kappa shape index (κ3) is 2.60. The van der Waals surface area contributed by atoms with Crippen LogP contribution >= 0.6 is 11.3 Å². The first-order valence-electron chi connectivity index (χ1n) is 6.65. The number of thiophene rings is 1. The van der Waals surface area contributed by atoms with Gasteiger partial charge in [-0.25, -0.2) is 4.79 Å². The number of carboxylic acid groups (broad SMARTS) is 1. The van der Waals surface area contributed by atoms with Crippen LogP contribution in [0, 0.1) is 6.92 Å². The van der Waals surface area contributed by atoms with Gasteiger partial charge in [0.15, 0.2) is 0 Å². The van der Waals surface area contributed by atoms with Crippen LogP contribution in [0.2, 0.25) is 0 Å². The summed E-state index contributed by atoms with van der Waals surface area (Å²) in [6.07, 6.45) is 1.89. The van der Waals surface area contributed by atoms with Crippen LogP contribution in [0.4, 0.5) is 5.69 Å². The summed E-state index contributed by atoms with van der Waals surface area (Å²) < 4.78 is 2.65. The standard InChI is InChI=1S/C16H14N2O3S/c1-9-5-12(18(2)8-9)15(19)17-11-3-4-13-10(6-11)7-14(22-13)16(20)21/h3-8H,1-2H3,(H,17,19)(H,20,21). The van der Waals surface area contributed by atoms with E-state index in [1.165, 1.54) is 11.3 Å². The van der Waals surface area contributed by atoms with E-state index in [4.69, 9.17) is 5.11 Å². The minimum Gasteiger partial charge on any atom is -0.477 e. The molecule has 0 fully saturated rings. The Hall–Kier alpha value is -2.60. The number of carbonyl (C=O) groups is 2. The molecule has 0 aliphatic heterocycles. The van der Waals surface area contributed by atoms with Gasteiger partial charge in [0, 0.05) is 23.6 Å². The summed E-state index contributed by atoms with van der Waals surface area (Å²) in [5.41, 5.74) is 2.24. The molecule has 0 spiro atoms. The van der Waals surface area contributed by atoms with Gasteiger partial charge in [-0.3, -0.25) is 4.79 Å². The Morgan fingerprint density at radius 3 is 2.64 bits per heavy atom. The van der Waals surface area contributed by atoms with Crippen LogP contribution in [-0.4, -0.2) is 21.6 Å². The Morgan fingerprint density at radius 2 is 2.00 bits per heavy atom. The third-order valence-electron chi connectivity index (χ3n) is 3.36. The quantitative estimate of drug-likeness (QED) is 0.777. The van der Waals surface area contributed by atoms with Crippen molar-refractivity contribution >= 4 is 39.0 Å². The second kappa shape index (κ2) is 5.31. The zero-order valence-electron chi connectivity index (χ0n) is 12.1. The number of aromatic carboxylic acids is 1. The summed E-state index contributed by atoms with van der Waals surface area (Å²) in [5, 5.41) is 12.7. The number of benzene rings is 1. The van der Waals surface area contributed by atoms with Crippen molar-refractivity contribution in [1.82, 2.24) is 4.57 Å². The molecule has 22 heavy (non-hydrogen) atoms. The molecule has 2 aromatic heterocycles. The molecule has 0 aliphatic rings. The number of aryl methyl sites for hydroxylation is 2. The maximum atomic E-state index is 12.3. The Morgan fingerprint density at radius 1 is 1.23 bits per heavy atom. The van der Waals surface area contributed by atoms with E-state index in [9.17, 15) is 9.59 Å². The van der Waals surface area contributed by atoms with Crippen LogP contribution in [0.1, 0.15) is 25.7 Å². The van der Waals surface area contributed by atoms with E-state index in [1.54, 1.807) is 22.8 Å². The molecule has 0 saturated carbocycles. The number of fused-ring (bicyclic) bond motifs is 1. The zero-order valence-corrected chi connectivity index (χ0v) is 12.9. The fourth-order valence-electron chi connectivity index (χ4n) is 2.38. The van der Waals surface area contributed by atoms with Gasteiger partial charge in [-0.05, 0) is 48.2 Å². The largest absolute Gasteiger partial charge is 0.477 e. The average Bonchev–Trinajstić information content (AvgIpc) is 3.01. The maximum absolute atomic E-state index is 12.3. The van der Waals surface area contributed by atoms with Gasteiger partial charge in [0.25, 0.3) is 5.91 Å². The van der Waals surface area contributed by atoms with Crippen molar-refractivity contribution in [2.24, 2.45) is 7.05 Å². The summed E-state index contributed by atoms with van der Waals surface area (Å²) in [6.45, 7) is 1.93. The predicted octanol–water partition coefficient (Wildman–Crippen LogP) is 3.50. The summed E-state index contributed by atoms with van der Waals surface area (Å²) in [7, 11) is 1.82. The van der Waals surface area contributed by atoms with Crippen molar-refractivity contribution in [2.75, 3.05) is 5.32 Å². The van der Waals surface area contributed by atoms with Crippen molar-refractivity contribution in [3.8, 4) is 0 Å². The second-order valence-corrected chi connectivity index (χ2v) is 6.22. The van der Waals surface area contributed by atoms with Gasteiger partial charge < -0.3 is 15.0 Å². The highest BCUT2D eigenvalue weighted by Crippen LogP contribution is 2.28. The highest BCUT2D eigenvalue weighted by Gasteiger charge is 2.12. The van der Waals surface area contributed by atoms with E-state index in [-0.39, 0.29) is 10.8 Å². The fraction of sp³-hybridized carbons (Fsp3) is 0.125. The smallest absolute Gasteiger partial charge is 0.345 e. The number of nitrogens with one attached hydrogen (secondary N) is 1. The summed E-state index contributed by atoms with van der Waals surface area (Å²) in [5.74, 6) is -1.13. The van der Waals surface area contributed by atoms with Gasteiger partial charge in [-0.15, -0.1) is 11.3 Å². The molecule has 2 heterocycles. The second-order valence-electron chi connectivity index (χ2n) is 5.14. The number of hydrogen-bond acceptors (Lipinski definition) is 3. The van der Waals surface area contributed by atoms with E-state index in [2.05, 4.69) is 5.32 Å². The molecule has 2 N–H and O–H groups in total. The van der Waals surface area contributed by atoms with Crippen molar-refractivity contribution in [3.05, 3.63) is 52.7 Å². The predicted molar refractivity (Wildman–Crippen MR) is 86.9 cm³/mol. The van der Waals surface area contributed by atoms with E-state index >= 15 is 0 Å². The van der Waals surface area contributed by atoms with Crippen molar-refractivity contribution in [2.45, 2.75) is 6.92 Å². The van der Waals surface area contributed by atoms with Crippen LogP contribution in [0.25, 0.3) is 10.1 Å². The number of hydrogen-bond donors (Lipinski definition) is 2. The molecular weight excluding hydrogens is 300 g/mol. The molecular formula is C16H14N2O3S. The van der Waals surface area contributed by atoms with E-state index < -0.39 is 5.97 Å². The molecule has 112 valence electrons. The number of anilines is 1. The number of aromatic nitrogens is 1. The minimum absolute atomic E-state index is 0.191. The molecule has 0 saturated heterocycles. The molecule has 1 amide bonds. The Kier molecular flexibility index (Phi) is 3.46. The van der Waals surface area contributed by atoms with E-state index in [0.29, 0.717) is 11.4 Å². The van der Waals surface area contributed by atoms with Gasteiger partial charge in [0.2, 0.25) is 0 Å². The molecule has 0 aliphatic carbocycles. The van der Waals surface area contributed by atoms with Gasteiger partial charge in [0.1, 0.15) is 10.6 Å². The van der Waals surface area contributed by atoms with Gasteiger partial charge >= 0.3 is 5.97 Å². The Bertz CT molecular complexity index is 892. The van der Waals surface area contributed by atoms with E-state index in [1.807, 2.05) is 32.3 Å². The van der Waals surface area contributed by atoms with Gasteiger partial charge in [-0.1, -0.05) is 0 Å². The normalized spacial score (nSPS) is 10.8. The molecule has 1 aromatic carbocycles. The molecule has 3 rings (SSSR count). The van der Waals surface area contributed by atoms with Crippen molar-refractivity contribution in [3.63, 3.8) is 0 Å². The summed E-state index contributed by atoms with van der Waals surface area (Å²) >= 11 is 1.22. The molecule has 0 bridgehead atoms. The van der Waals surface area contributed by atoms with Gasteiger partial charge in [0.05, 0.1) is 0 Å². The summed E-state index contributed by atoms with van der Waals surface area (Å²) in [6, 6.07) is 8.81. The maximum Gasteiger partial charge on any atom is 0.345 e. The highest BCUT2D eigenvalue weighted by atomic mass is 32.1. The Labute approximate surface area is 130 Å². The first kappa shape index (κ1) is 14.3. The molecule has 0 atom stereocenters. The topological polar surface area (TPSA) is 71.3 Å². The monoisotopic (exact) mass is 314 g/mol. The lowest BCUT2D eigenvalue weighted by atomic mass is 10.2. The molecule has 0 radical (unpaired) electrons. The average molecular weight is 314 g/mol. The lowest BCUT2D eigenvalue weighted by Gasteiger charge is -2.06. The van der Waals surface area contributed by atoms with Crippen LogP contribution in [0.3, 0.4) is 0 Å². The Balaban J connectivity index is 1.89. The molecule has 6 heteroatoms. The minimum atomic E-state index is -0.939. The van der Waals surface area contributed by atoms with Crippen molar-refractivity contribution in [1.29, 1.82) is 0 Å². The first-order valence-corrected chi connectivity index (χ1v) is 7.47. The van der Waals surface area contributed by atoms with Crippen LogP contribution in [0.15, 0.2) is 36.5 Å². The lowest BCUT2D eigenvalue weighted by molar-refractivity contribution is 0.0702. The van der Waals surface area contributed by atoms with Crippen LogP contribution < -0.4 is 5.32 Å². The lowest BCUT2D eigenvalue weighted by Crippen LogP contribution is -2.15. The number of carbonyl (C=O) groups excluding carboxylic acids is 1. The zero-order chi connectivity index (χ0) is 15.9. The third-order valence-corrected chi connectivity index (χ3v) is 4.46. The van der Waals surface area contributed by atoms with E-state index in [0.717, 1.165) is 15.6 Å². The molecule has 0 unspecified atom stereocenters. The van der Waals surface area contributed by atoms with Crippen LogP contribution in [0.5, 0.6) is 0 Å². The summed E-state index contributed by atoms with van der Waals surface area (Å²) in [4.78, 5) is 23.6. The SMILES string of the molecule is Cc1cc(C(=O)Nc2ccc3sc(C(=O)O)cc3c2)n(C)c1. The molecule has 3 aromatic rings. The first-order chi connectivity index (χ1) is 10.4. The highest BCUT2D eigenvalue weighted by molar-refractivity contribution is 7.20. The van der Waals surface area contributed by atoms with Crippen molar-refractivity contribution < 1.29 is 14.7 Å².